The molecule has 0 radical (unpaired) electrons. The smallest absolute Gasteiger partial charge is 0.266 e. The summed E-state index contributed by atoms with van der Waals surface area (Å²) in [6.07, 6.45) is 0. The van der Waals surface area contributed by atoms with Crippen LogP contribution in [0.2, 0.25) is 0 Å². The molecule has 0 aliphatic rings. The number of benzene rings is 3. The van der Waals surface area contributed by atoms with Crippen LogP contribution < -0.4 is 16.0 Å². The van der Waals surface area contributed by atoms with Crippen molar-refractivity contribution in [2.45, 2.75) is 26.2 Å². The van der Waals surface area contributed by atoms with Gasteiger partial charge < -0.3 is 9.15 Å². The van der Waals surface area contributed by atoms with Gasteiger partial charge in [0.25, 0.3) is 5.91 Å². The van der Waals surface area contributed by atoms with E-state index >= 15 is 0 Å². The molecular formula is C27H26N4O4. The van der Waals surface area contributed by atoms with Crippen molar-refractivity contribution in [1.82, 2.24) is 15.6 Å². The lowest BCUT2D eigenvalue weighted by molar-refractivity contribution is 0.0941. The largest absolute Gasteiger partial charge is 0.496 e. The number of hydrazine groups is 1. The minimum absolute atomic E-state index is 0.0519. The van der Waals surface area contributed by atoms with Crippen LogP contribution in [0.4, 0.5) is 0 Å². The third-order valence-corrected chi connectivity index (χ3v) is 5.67. The molecule has 0 aliphatic carbocycles. The Morgan fingerprint density at radius 1 is 0.886 bits per heavy atom. The maximum Gasteiger partial charge on any atom is 0.266 e. The highest BCUT2D eigenvalue weighted by molar-refractivity contribution is 6.17. The van der Waals surface area contributed by atoms with Gasteiger partial charge in [0.1, 0.15) is 5.75 Å². The maximum atomic E-state index is 13.2. The summed E-state index contributed by atoms with van der Waals surface area (Å²) in [6, 6.07) is 19.5. The SMILES string of the molecule is COc1cccc(C(=O)NN)c1C(=O)c1ccc(-c2nnc(-c3ccc(C(C)(C)C)cc3)o2)cc1. The molecule has 35 heavy (non-hydrogen) atoms. The molecule has 3 N–H and O–H groups in total. The summed E-state index contributed by atoms with van der Waals surface area (Å²) < 4.78 is 11.2. The Balaban J connectivity index is 1.60. The third kappa shape index (κ3) is 4.83. The Morgan fingerprint density at radius 3 is 1.97 bits per heavy atom. The van der Waals surface area contributed by atoms with Gasteiger partial charge in [-0.1, -0.05) is 51.1 Å². The van der Waals surface area contributed by atoms with Crippen LogP contribution in [0.15, 0.2) is 71.1 Å². The fourth-order valence-electron chi connectivity index (χ4n) is 3.68. The number of aromatic nitrogens is 2. The molecule has 0 bridgehead atoms. The summed E-state index contributed by atoms with van der Waals surface area (Å²) >= 11 is 0. The Kier molecular flexibility index (Phi) is 6.48. The minimum Gasteiger partial charge on any atom is -0.496 e. The third-order valence-electron chi connectivity index (χ3n) is 5.67. The van der Waals surface area contributed by atoms with Crippen LogP contribution in [-0.4, -0.2) is 29.0 Å². The molecule has 8 heteroatoms. The molecule has 0 spiro atoms. The molecule has 1 amide bonds. The lowest BCUT2D eigenvalue weighted by Crippen LogP contribution is -2.31. The lowest BCUT2D eigenvalue weighted by Gasteiger charge is -2.18. The average Bonchev–Trinajstić information content (AvgIpc) is 3.37. The van der Waals surface area contributed by atoms with Crippen molar-refractivity contribution in [3.8, 4) is 28.7 Å². The summed E-state index contributed by atoms with van der Waals surface area (Å²) in [5, 5.41) is 8.32. The van der Waals surface area contributed by atoms with Crippen LogP contribution in [0.3, 0.4) is 0 Å². The van der Waals surface area contributed by atoms with Crippen molar-refractivity contribution in [2.24, 2.45) is 5.84 Å². The Hall–Kier alpha value is -4.30. The highest BCUT2D eigenvalue weighted by Crippen LogP contribution is 2.29. The molecule has 0 saturated heterocycles. The van der Waals surface area contributed by atoms with Crippen molar-refractivity contribution >= 4 is 11.7 Å². The second kappa shape index (κ2) is 9.52. The molecule has 1 aromatic heterocycles. The molecule has 178 valence electrons. The van der Waals surface area contributed by atoms with Gasteiger partial charge in [-0.3, -0.25) is 15.0 Å². The van der Waals surface area contributed by atoms with E-state index in [0.717, 1.165) is 5.56 Å². The van der Waals surface area contributed by atoms with E-state index in [1.54, 1.807) is 36.4 Å². The van der Waals surface area contributed by atoms with E-state index in [0.29, 0.717) is 22.9 Å². The van der Waals surface area contributed by atoms with E-state index in [1.165, 1.54) is 18.7 Å². The standard InChI is InChI=1S/C27H26N4O4/c1-27(2,3)19-14-12-18(13-15-19)26-31-30-25(35-26)17-10-8-16(9-11-17)23(32)22-20(24(33)29-28)6-5-7-21(22)34-4/h5-15H,28H2,1-4H3,(H,29,33). The number of carbonyl (C=O) groups is 2. The minimum atomic E-state index is -0.585. The highest BCUT2D eigenvalue weighted by atomic mass is 16.5. The van der Waals surface area contributed by atoms with E-state index in [1.807, 2.05) is 12.1 Å². The molecule has 3 aromatic carbocycles. The van der Waals surface area contributed by atoms with E-state index in [4.69, 9.17) is 15.0 Å². The molecule has 8 nitrogen and oxygen atoms in total. The maximum absolute atomic E-state index is 13.2. The fourth-order valence-corrected chi connectivity index (χ4v) is 3.68. The summed E-state index contributed by atoms with van der Waals surface area (Å²) in [4.78, 5) is 25.4. The number of rotatable bonds is 6. The number of nitrogen functional groups attached to an aromatic ring is 1. The van der Waals surface area contributed by atoms with Gasteiger partial charge in [0, 0.05) is 16.7 Å². The van der Waals surface area contributed by atoms with Gasteiger partial charge in [0.15, 0.2) is 5.78 Å². The van der Waals surface area contributed by atoms with Gasteiger partial charge in [0.05, 0.1) is 18.2 Å². The van der Waals surface area contributed by atoms with Crippen LogP contribution in [0.1, 0.15) is 52.6 Å². The number of amides is 1. The fraction of sp³-hybridized carbons (Fsp3) is 0.185. The molecular weight excluding hydrogens is 444 g/mol. The molecule has 0 atom stereocenters. The number of nitrogens with zero attached hydrogens (tertiary/aromatic N) is 2. The predicted molar refractivity (Wildman–Crippen MR) is 132 cm³/mol. The topological polar surface area (TPSA) is 120 Å². The Labute approximate surface area is 203 Å². The first-order valence-electron chi connectivity index (χ1n) is 11.0. The van der Waals surface area contributed by atoms with Gasteiger partial charge in [0.2, 0.25) is 11.8 Å². The number of ether oxygens (including phenoxy) is 1. The predicted octanol–water partition coefficient (Wildman–Crippen LogP) is 4.54. The normalized spacial score (nSPS) is 11.2. The number of carbonyl (C=O) groups excluding carboxylic acids is 2. The van der Waals surface area contributed by atoms with E-state index < -0.39 is 5.91 Å². The summed E-state index contributed by atoms with van der Waals surface area (Å²) in [6.45, 7) is 6.47. The zero-order valence-corrected chi connectivity index (χ0v) is 20.0. The van der Waals surface area contributed by atoms with Crippen LogP contribution in [0, 0.1) is 0 Å². The monoisotopic (exact) mass is 470 g/mol. The Bertz CT molecular complexity index is 1370. The van der Waals surface area contributed by atoms with E-state index in [2.05, 4.69) is 48.5 Å². The molecule has 0 saturated carbocycles. The second-order valence-electron chi connectivity index (χ2n) is 9.00. The molecule has 4 aromatic rings. The van der Waals surface area contributed by atoms with E-state index in [9.17, 15) is 9.59 Å². The second-order valence-corrected chi connectivity index (χ2v) is 9.00. The van der Waals surface area contributed by atoms with Gasteiger partial charge in [-0.05, 0) is 47.4 Å². The van der Waals surface area contributed by atoms with Crippen molar-refractivity contribution < 1.29 is 18.7 Å². The lowest BCUT2D eigenvalue weighted by atomic mass is 9.87. The number of hydrogen-bond acceptors (Lipinski definition) is 7. The zero-order chi connectivity index (χ0) is 25.2. The summed E-state index contributed by atoms with van der Waals surface area (Å²) in [5.74, 6) is 5.34. The first kappa shape index (κ1) is 23.8. The highest BCUT2D eigenvalue weighted by Gasteiger charge is 2.23. The molecule has 4 rings (SSSR count). The first-order valence-corrected chi connectivity index (χ1v) is 11.0. The summed E-state index contributed by atoms with van der Waals surface area (Å²) in [7, 11) is 1.43. The Morgan fingerprint density at radius 2 is 1.46 bits per heavy atom. The van der Waals surface area contributed by atoms with E-state index in [-0.39, 0.29) is 28.1 Å². The van der Waals surface area contributed by atoms with Gasteiger partial charge in [-0.2, -0.15) is 0 Å². The number of hydrogen-bond donors (Lipinski definition) is 2. The van der Waals surface area contributed by atoms with Gasteiger partial charge in [-0.25, -0.2) is 5.84 Å². The number of methoxy groups -OCH3 is 1. The molecule has 0 fully saturated rings. The molecule has 0 unspecified atom stereocenters. The summed E-state index contributed by atoms with van der Waals surface area (Å²) in [5.41, 5.74) is 5.43. The van der Waals surface area contributed by atoms with Gasteiger partial charge >= 0.3 is 0 Å². The van der Waals surface area contributed by atoms with Crippen LogP contribution in [0.25, 0.3) is 22.9 Å². The first-order chi connectivity index (χ1) is 16.7. The van der Waals surface area contributed by atoms with Crippen molar-refractivity contribution in [1.29, 1.82) is 0 Å². The number of nitrogens with one attached hydrogen (secondary N) is 1. The molecule has 1 heterocycles. The van der Waals surface area contributed by atoms with Crippen LogP contribution in [-0.2, 0) is 5.41 Å². The molecule has 0 aliphatic heterocycles. The van der Waals surface area contributed by atoms with Crippen LogP contribution in [0.5, 0.6) is 5.75 Å². The van der Waals surface area contributed by atoms with Crippen LogP contribution >= 0.6 is 0 Å². The number of nitrogens with two attached hydrogens (primary N) is 1. The number of ketones is 1. The van der Waals surface area contributed by atoms with Gasteiger partial charge in [-0.15, -0.1) is 10.2 Å². The zero-order valence-electron chi connectivity index (χ0n) is 20.0. The van der Waals surface area contributed by atoms with Crippen molar-refractivity contribution in [2.75, 3.05) is 7.11 Å². The van der Waals surface area contributed by atoms with Crippen molar-refractivity contribution in [3.63, 3.8) is 0 Å². The quantitative estimate of drug-likeness (QED) is 0.184. The van der Waals surface area contributed by atoms with Crippen molar-refractivity contribution in [3.05, 3.63) is 89.0 Å². The average molecular weight is 471 g/mol.